The molecule has 0 aliphatic carbocycles. The Morgan fingerprint density at radius 1 is 1.08 bits per heavy atom. The van der Waals surface area contributed by atoms with Crippen molar-refractivity contribution in [3.05, 3.63) is 59.7 Å². The van der Waals surface area contributed by atoms with Crippen LogP contribution in [-0.2, 0) is 9.59 Å². The van der Waals surface area contributed by atoms with E-state index in [2.05, 4.69) is 51.0 Å². The van der Waals surface area contributed by atoms with Crippen molar-refractivity contribution in [3.63, 3.8) is 0 Å². The van der Waals surface area contributed by atoms with Crippen LogP contribution in [0.2, 0.25) is 0 Å². The molecule has 1 aromatic heterocycles. The van der Waals surface area contributed by atoms with Gasteiger partial charge in [0.1, 0.15) is 11.3 Å². The lowest BCUT2D eigenvalue weighted by atomic mass is 9.94. The number of nitrogens with zero attached hydrogens (tertiary/aromatic N) is 4. The highest BCUT2D eigenvalue weighted by Gasteiger charge is 2.42. The van der Waals surface area contributed by atoms with Gasteiger partial charge in [-0.05, 0) is 68.9 Å². The van der Waals surface area contributed by atoms with Crippen molar-refractivity contribution in [3.8, 4) is 0 Å². The fraction of sp³-hybridized carbons (Fsp3) is 0.500. The number of rotatable bonds is 6. The van der Waals surface area contributed by atoms with Crippen molar-refractivity contribution >= 4 is 28.5 Å². The maximum absolute atomic E-state index is 14.4. The fourth-order valence-electron chi connectivity index (χ4n) is 6.95. The van der Waals surface area contributed by atoms with Crippen molar-refractivity contribution in [1.29, 1.82) is 0 Å². The molecule has 2 aromatic carbocycles. The van der Waals surface area contributed by atoms with Crippen molar-refractivity contribution in [1.82, 2.24) is 19.8 Å². The average molecular weight is 518 g/mol. The van der Waals surface area contributed by atoms with Gasteiger partial charge in [-0.1, -0.05) is 25.1 Å². The Morgan fingerprint density at radius 3 is 2.47 bits per heavy atom. The molecule has 3 aliphatic rings. The zero-order valence-electron chi connectivity index (χ0n) is 22.4. The van der Waals surface area contributed by atoms with E-state index in [4.69, 9.17) is 0 Å². The third-order valence-corrected chi connectivity index (χ3v) is 8.91. The summed E-state index contributed by atoms with van der Waals surface area (Å²) >= 11 is 0. The monoisotopic (exact) mass is 517 g/mol. The highest BCUT2D eigenvalue weighted by molar-refractivity contribution is 5.84. The predicted molar refractivity (Wildman–Crippen MR) is 145 cm³/mol. The van der Waals surface area contributed by atoms with Crippen LogP contribution in [0.15, 0.2) is 42.5 Å². The highest BCUT2D eigenvalue weighted by Crippen LogP contribution is 2.45. The Labute approximate surface area is 223 Å². The third kappa shape index (κ3) is 4.24. The molecule has 2 bridgehead atoms. The number of carbonyl (C=O) groups is 2. The lowest BCUT2D eigenvalue weighted by Crippen LogP contribution is -2.55. The van der Waals surface area contributed by atoms with Crippen LogP contribution in [0.1, 0.15) is 69.4 Å². The normalized spacial score (nSPS) is 23.9. The zero-order valence-corrected chi connectivity index (χ0v) is 22.4. The molecule has 1 N–H and O–H groups in total. The van der Waals surface area contributed by atoms with Gasteiger partial charge < -0.3 is 19.7 Å². The number of fused-ring (bicyclic) bond motifs is 3. The number of nitrogens with one attached hydrogen (secondary N) is 1. The number of hydrogen-bond donors (Lipinski definition) is 1. The molecule has 3 saturated heterocycles. The van der Waals surface area contributed by atoms with Crippen LogP contribution in [0.25, 0.3) is 11.0 Å². The number of piperidine rings is 1. The van der Waals surface area contributed by atoms with E-state index >= 15 is 0 Å². The van der Waals surface area contributed by atoms with Gasteiger partial charge in [-0.3, -0.25) is 9.59 Å². The van der Waals surface area contributed by atoms with Crippen LogP contribution in [0.5, 0.6) is 0 Å². The number of benzene rings is 2. The maximum atomic E-state index is 14.4. The van der Waals surface area contributed by atoms with Gasteiger partial charge in [0.2, 0.25) is 11.8 Å². The minimum Gasteiger partial charge on any atom is -0.365 e. The molecule has 4 atom stereocenters. The first-order valence-corrected chi connectivity index (χ1v) is 13.9. The van der Waals surface area contributed by atoms with Crippen LogP contribution >= 0.6 is 0 Å². The summed E-state index contributed by atoms with van der Waals surface area (Å²) in [5.41, 5.74) is 3.69. The van der Waals surface area contributed by atoms with Crippen molar-refractivity contribution in [2.75, 3.05) is 18.0 Å². The quantitative estimate of drug-likeness (QED) is 0.505. The number of aryl methyl sites for hydroxylation is 1. The van der Waals surface area contributed by atoms with Crippen LogP contribution in [0.3, 0.4) is 0 Å². The van der Waals surface area contributed by atoms with Gasteiger partial charge in [-0.25, -0.2) is 9.37 Å². The number of hydrogen-bond acceptors (Lipinski definition) is 4. The second-order valence-electron chi connectivity index (χ2n) is 11.2. The number of imidazole rings is 1. The van der Waals surface area contributed by atoms with Crippen LogP contribution in [0, 0.1) is 18.7 Å². The Kier molecular flexibility index (Phi) is 6.36. The summed E-state index contributed by atoms with van der Waals surface area (Å²) in [4.78, 5) is 33.2. The first-order valence-electron chi connectivity index (χ1n) is 13.9. The first-order chi connectivity index (χ1) is 18.3. The molecule has 4 heterocycles. The number of likely N-dealkylation sites (tertiary alicyclic amines) is 1. The van der Waals surface area contributed by atoms with Gasteiger partial charge in [0.05, 0.1) is 17.5 Å². The Morgan fingerprint density at radius 2 is 1.79 bits per heavy atom. The first kappa shape index (κ1) is 24.9. The lowest BCUT2D eigenvalue weighted by molar-refractivity contribution is -0.141. The second-order valence-corrected chi connectivity index (χ2v) is 11.2. The Balaban J connectivity index is 1.18. The van der Waals surface area contributed by atoms with Crippen molar-refractivity contribution < 1.29 is 14.0 Å². The van der Waals surface area contributed by atoms with Gasteiger partial charge in [0.15, 0.2) is 5.82 Å². The maximum Gasteiger partial charge on any atom is 0.227 e. The molecular formula is C30H36FN5O2. The molecule has 3 aliphatic heterocycles. The lowest BCUT2D eigenvalue weighted by Gasteiger charge is -2.42. The summed E-state index contributed by atoms with van der Waals surface area (Å²) in [6.45, 7) is 6.64. The van der Waals surface area contributed by atoms with Gasteiger partial charge in [0.25, 0.3) is 0 Å². The SMILES string of the molecule is CC[C@H](NC(=O)C1CN(C(C)=O)C1)c1cccc(N2[C@@H]3CC[C@H]2CC(n2c(C)nc4c(F)cccc42)C3)c1. The van der Waals surface area contributed by atoms with Crippen LogP contribution in [-0.4, -0.2) is 51.4 Å². The highest BCUT2D eigenvalue weighted by atomic mass is 19.1. The van der Waals surface area contributed by atoms with E-state index in [-0.39, 0.29) is 29.6 Å². The minimum absolute atomic E-state index is 0.0238. The molecule has 3 fully saturated rings. The number of para-hydroxylation sites is 1. The van der Waals surface area contributed by atoms with Gasteiger partial charge in [0, 0.05) is 43.8 Å². The molecule has 6 rings (SSSR count). The smallest absolute Gasteiger partial charge is 0.227 e. The van der Waals surface area contributed by atoms with E-state index in [1.807, 2.05) is 13.0 Å². The van der Waals surface area contributed by atoms with Gasteiger partial charge in [-0.15, -0.1) is 0 Å². The van der Waals surface area contributed by atoms with E-state index in [1.165, 1.54) is 11.8 Å². The molecule has 0 radical (unpaired) electrons. The molecule has 7 nitrogen and oxygen atoms in total. The van der Waals surface area contributed by atoms with Gasteiger partial charge in [-0.2, -0.15) is 0 Å². The summed E-state index contributed by atoms with van der Waals surface area (Å²) in [5, 5.41) is 3.23. The molecule has 3 aromatic rings. The largest absolute Gasteiger partial charge is 0.365 e. The summed E-state index contributed by atoms with van der Waals surface area (Å²) in [6.07, 6.45) is 5.11. The third-order valence-electron chi connectivity index (χ3n) is 8.91. The summed E-state index contributed by atoms with van der Waals surface area (Å²) in [7, 11) is 0. The predicted octanol–water partition coefficient (Wildman–Crippen LogP) is 4.90. The molecule has 1 unspecified atom stereocenters. The van der Waals surface area contributed by atoms with E-state index in [0.717, 1.165) is 49.0 Å². The van der Waals surface area contributed by atoms with Crippen LogP contribution < -0.4 is 10.2 Å². The zero-order chi connectivity index (χ0) is 26.6. The van der Waals surface area contributed by atoms with Crippen molar-refractivity contribution in [2.24, 2.45) is 5.92 Å². The topological polar surface area (TPSA) is 70.5 Å². The summed E-state index contributed by atoms with van der Waals surface area (Å²) in [5.74, 6) is 0.551. The Bertz CT molecular complexity index is 1370. The standard InChI is InChI=1S/C30H36FN5O2/c1-4-27(33-30(38)21-16-34(17-21)19(3)37)20-7-5-8-22(13-20)36-23-11-12-24(36)15-25(14-23)35-18(2)32-29-26(31)9-6-10-28(29)35/h5-10,13,21,23-25,27H,4,11-12,14-17H2,1-3H3,(H,33,38)/t23-,24+,25?,27-/m0/s1. The van der Waals surface area contributed by atoms with Gasteiger partial charge >= 0.3 is 0 Å². The fourth-order valence-corrected chi connectivity index (χ4v) is 6.95. The molecular weight excluding hydrogens is 481 g/mol. The number of carbonyl (C=O) groups excluding carboxylic acids is 2. The number of halogens is 1. The minimum atomic E-state index is -0.257. The number of amides is 2. The summed E-state index contributed by atoms with van der Waals surface area (Å²) < 4.78 is 16.7. The molecule has 8 heteroatoms. The average Bonchev–Trinajstić information content (AvgIpc) is 3.34. The van der Waals surface area contributed by atoms with Crippen LogP contribution in [0.4, 0.5) is 10.1 Å². The molecule has 200 valence electrons. The van der Waals surface area contributed by atoms with E-state index in [1.54, 1.807) is 17.9 Å². The Hall–Kier alpha value is -3.42. The molecule has 38 heavy (non-hydrogen) atoms. The van der Waals surface area contributed by atoms with E-state index in [0.29, 0.717) is 36.7 Å². The summed E-state index contributed by atoms with van der Waals surface area (Å²) in [6, 6.07) is 15.0. The number of aromatic nitrogens is 2. The molecule has 0 spiro atoms. The van der Waals surface area contributed by atoms with E-state index < -0.39 is 0 Å². The number of anilines is 1. The molecule has 2 amide bonds. The van der Waals surface area contributed by atoms with Crippen molar-refractivity contribution in [2.45, 2.75) is 77.0 Å². The molecule has 0 saturated carbocycles. The second kappa shape index (κ2) is 9.71. The van der Waals surface area contributed by atoms with E-state index in [9.17, 15) is 14.0 Å².